The van der Waals surface area contributed by atoms with E-state index in [0.29, 0.717) is 6.67 Å². The van der Waals surface area contributed by atoms with E-state index in [9.17, 15) is 0 Å². The molecule has 1 aromatic rings. The Kier molecular flexibility index (Phi) is 1.95. The molecule has 4 nitrogen and oxygen atoms in total. The number of rotatable bonds is 1. The minimum atomic E-state index is 0.616. The van der Waals surface area contributed by atoms with Crippen LogP contribution in [0.1, 0.15) is 0 Å². The first kappa shape index (κ1) is 7.54. The molecule has 0 saturated heterocycles. The van der Waals surface area contributed by atoms with E-state index in [0.717, 1.165) is 4.47 Å². The van der Waals surface area contributed by atoms with Crippen LogP contribution in [0.2, 0.25) is 0 Å². The highest BCUT2D eigenvalue weighted by Gasteiger charge is 2.03. The summed E-state index contributed by atoms with van der Waals surface area (Å²) in [5, 5.41) is 6.00. The molecule has 0 radical (unpaired) electrons. The van der Waals surface area contributed by atoms with Gasteiger partial charge in [0.25, 0.3) is 0 Å². The van der Waals surface area contributed by atoms with Gasteiger partial charge in [0.15, 0.2) is 0 Å². The fraction of sp³-hybridized carbons (Fsp3) is 0.143. The van der Waals surface area contributed by atoms with Crippen molar-refractivity contribution in [1.82, 2.24) is 9.89 Å². The van der Waals surface area contributed by atoms with Gasteiger partial charge in [-0.1, -0.05) is 0 Å². The lowest BCUT2D eigenvalue weighted by Crippen LogP contribution is -2.30. The van der Waals surface area contributed by atoms with Crippen molar-refractivity contribution >= 4 is 22.1 Å². The van der Waals surface area contributed by atoms with Crippen molar-refractivity contribution in [2.24, 2.45) is 4.99 Å². The highest BCUT2D eigenvalue weighted by atomic mass is 79.9. The van der Waals surface area contributed by atoms with Gasteiger partial charge in [-0.2, -0.15) is 9.89 Å². The lowest BCUT2D eigenvalue weighted by atomic mass is 10.6. The first-order valence-corrected chi connectivity index (χ1v) is 4.29. The zero-order valence-corrected chi connectivity index (χ0v) is 7.85. The van der Waals surface area contributed by atoms with Gasteiger partial charge in [-0.3, -0.25) is 10.0 Å². The molecule has 0 aliphatic carbocycles. The monoisotopic (exact) mass is 226 g/mol. The maximum absolute atomic E-state index is 4.11. The molecule has 0 aromatic carbocycles. The largest absolute Gasteiger partial charge is 0.270 e. The molecule has 0 bridgehead atoms. The van der Waals surface area contributed by atoms with Gasteiger partial charge < -0.3 is 0 Å². The molecule has 0 unspecified atom stereocenters. The maximum atomic E-state index is 4.11. The molecule has 0 spiro atoms. The number of hydrogen-bond acceptors (Lipinski definition) is 3. The van der Waals surface area contributed by atoms with Crippen LogP contribution in [0.5, 0.6) is 0 Å². The lowest BCUT2D eigenvalue weighted by molar-refractivity contribution is 0.613. The van der Waals surface area contributed by atoms with E-state index >= 15 is 0 Å². The molecule has 12 heavy (non-hydrogen) atoms. The van der Waals surface area contributed by atoms with Gasteiger partial charge in [0.05, 0.1) is 16.9 Å². The highest BCUT2D eigenvalue weighted by Crippen LogP contribution is 2.07. The second-order valence-corrected chi connectivity index (χ2v) is 3.25. The fourth-order valence-corrected chi connectivity index (χ4v) is 1.22. The summed E-state index contributed by atoms with van der Waals surface area (Å²) in [7, 11) is 0. The van der Waals surface area contributed by atoms with Crippen molar-refractivity contribution < 1.29 is 0 Å². The third-order valence-corrected chi connectivity index (χ3v) is 1.89. The number of halogens is 1. The van der Waals surface area contributed by atoms with E-state index in [4.69, 9.17) is 0 Å². The molecule has 5 heteroatoms. The first-order valence-electron chi connectivity index (χ1n) is 3.50. The average Bonchev–Trinajstić information content (AvgIpc) is 2.54. The minimum Gasteiger partial charge on any atom is -0.270 e. The van der Waals surface area contributed by atoms with Gasteiger partial charge in [0.2, 0.25) is 0 Å². The van der Waals surface area contributed by atoms with Crippen molar-refractivity contribution in [2.45, 2.75) is 0 Å². The van der Waals surface area contributed by atoms with Gasteiger partial charge in [-0.25, -0.2) is 0 Å². The number of aromatic nitrogens is 2. The van der Waals surface area contributed by atoms with Crippen LogP contribution in [0.15, 0.2) is 34.1 Å². The van der Waals surface area contributed by atoms with Crippen molar-refractivity contribution in [2.75, 3.05) is 11.7 Å². The summed E-state index contributed by atoms with van der Waals surface area (Å²) in [6.07, 6.45) is 9.19. The van der Waals surface area contributed by atoms with Gasteiger partial charge in [-0.05, 0) is 22.0 Å². The molecule has 0 saturated carbocycles. The smallest absolute Gasteiger partial charge is 0.131 e. The Morgan fingerprint density at radius 2 is 2.42 bits per heavy atom. The Labute approximate surface area is 78.3 Å². The van der Waals surface area contributed by atoms with Crippen LogP contribution in [-0.2, 0) is 0 Å². The molecule has 62 valence electrons. The maximum Gasteiger partial charge on any atom is 0.131 e. The predicted octanol–water partition coefficient (Wildman–Crippen LogP) is 1.14. The van der Waals surface area contributed by atoms with Crippen LogP contribution >= 0.6 is 15.9 Å². The van der Waals surface area contributed by atoms with Crippen LogP contribution in [0.25, 0.3) is 0 Å². The predicted molar refractivity (Wildman–Crippen MR) is 50.6 cm³/mol. The van der Waals surface area contributed by atoms with E-state index in [1.54, 1.807) is 17.2 Å². The number of hydrogen-bond donors (Lipinski definition) is 0. The van der Waals surface area contributed by atoms with E-state index in [-0.39, 0.29) is 0 Å². The normalized spacial score (nSPS) is 15.6. The molecule has 1 aliphatic heterocycles. The number of allylic oxidation sites excluding steroid dienone is 1. The zero-order chi connectivity index (χ0) is 8.39. The van der Waals surface area contributed by atoms with E-state index < -0.39 is 0 Å². The van der Waals surface area contributed by atoms with E-state index in [1.165, 1.54) is 0 Å². The molecular formula is C7H7BrN4. The number of aliphatic imine (C=N–C) groups is 1. The van der Waals surface area contributed by atoms with Crippen LogP contribution in [0.3, 0.4) is 0 Å². The van der Waals surface area contributed by atoms with Crippen molar-refractivity contribution in [1.29, 1.82) is 0 Å². The topological polar surface area (TPSA) is 33.4 Å². The summed E-state index contributed by atoms with van der Waals surface area (Å²) < 4.78 is 0.963. The summed E-state index contributed by atoms with van der Waals surface area (Å²) in [6, 6.07) is 0. The number of nitrogens with zero attached hydrogens (tertiary/aromatic N) is 4. The Morgan fingerprint density at radius 1 is 1.50 bits per heavy atom. The summed E-state index contributed by atoms with van der Waals surface area (Å²) in [4.78, 5) is 5.82. The fourth-order valence-electron chi connectivity index (χ4n) is 0.942. The molecule has 0 amide bonds. The molecule has 0 N–H and O–H groups in total. The zero-order valence-electron chi connectivity index (χ0n) is 6.26. The Morgan fingerprint density at radius 3 is 3.00 bits per heavy atom. The second kappa shape index (κ2) is 3.10. The molecule has 2 heterocycles. The average molecular weight is 227 g/mol. The summed E-state index contributed by atoms with van der Waals surface area (Å²) in [5.41, 5.74) is 0. The van der Waals surface area contributed by atoms with E-state index in [2.05, 4.69) is 26.0 Å². The van der Waals surface area contributed by atoms with Gasteiger partial charge in [-0.15, -0.1) is 0 Å². The summed E-state index contributed by atoms with van der Waals surface area (Å²) in [5.74, 6) is 0. The third kappa shape index (κ3) is 1.40. The minimum absolute atomic E-state index is 0.616. The first-order chi connectivity index (χ1) is 5.86. The molecule has 1 aliphatic rings. The molecule has 0 atom stereocenters. The third-order valence-electron chi connectivity index (χ3n) is 1.48. The molecular weight excluding hydrogens is 220 g/mol. The standard InChI is InChI=1S/C7H7BrN4/c8-7-4-10-12(5-7)11-3-1-2-9-6-11/h1-5H,6H2. The molecule has 2 rings (SSSR count). The van der Waals surface area contributed by atoms with Crippen molar-refractivity contribution in [3.05, 3.63) is 29.1 Å². The Hall–Kier alpha value is -1.10. The van der Waals surface area contributed by atoms with Crippen LogP contribution in [-0.4, -0.2) is 22.8 Å². The van der Waals surface area contributed by atoms with Crippen molar-refractivity contribution in [3.63, 3.8) is 0 Å². The summed E-state index contributed by atoms with van der Waals surface area (Å²) in [6.45, 7) is 0.616. The van der Waals surface area contributed by atoms with Gasteiger partial charge in [0.1, 0.15) is 6.67 Å². The second-order valence-electron chi connectivity index (χ2n) is 2.33. The molecule has 0 fully saturated rings. The lowest BCUT2D eigenvalue weighted by Gasteiger charge is -2.18. The quantitative estimate of drug-likeness (QED) is 0.720. The van der Waals surface area contributed by atoms with E-state index in [1.807, 2.05) is 23.5 Å². The van der Waals surface area contributed by atoms with Gasteiger partial charge >= 0.3 is 0 Å². The highest BCUT2D eigenvalue weighted by molar-refractivity contribution is 9.10. The summed E-state index contributed by atoms with van der Waals surface area (Å²) >= 11 is 3.33. The van der Waals surface area contributed by atoms with Gasteiger partial charge in [0, 0.05) is 12.4 Å². The van der Waals surface area contributed by atoms with Crippen LogP contribution in [0, 0.1) is 0 Å². The Balaban J connectivity index is 2.20. The Bertz CT molecular complexity index is 328. The van der Waals surface area contributed by atoms with Crippen molar-refractivity contribution in [3.8, 4) is 0 Å². The van der Waals surface area contributed by atoms with Crippen LogP contribution in [0.4, 0.5) is 0 Å². The SMILES string of the molecule is Brc1cnn(N2C=CC=NC2)c1. The van der Waals surface area contributed by atoms with Crippen LogP contribution < -0.4 is 5.01 Å². The molecule has 1 aromatic heterocycles.